The Balaban J connectivity index is 1.93. The fourth-order valence-electron chi connectivity index (χ4n) is 1.17. The van der Waals surface area contributed by atoms with Crippen molar-refractivity contribution in [1.29, 1.82) is 0 Å². The van der Waals surface area contributed by atoms with E-state index in [4.69, 9.17) is 0 Å². The quantitative estimate of drug-likeness (QED) is 0.761. The van der Waals surface area contributed by atoms with Crippen LogP contribution in [0.3, 0.4) is 0 Å². The lowest BCUT2D eigenvalue weighted by Crippen LogP contribution is -1.83. The molecule has 0 unspecified atom stereocenters. The van der Waals surface area contributed by atoms with Gasteiger partial charge in [0.15, 0.2) is 0 Å². The van der Waals surface area contributed by atoms with Crippen LogP contribution in [0.1, 0.15) is 17.6 Å². The van der Waals surface area contributed by atoms with Gasteiger partial charge in [-0.25, -0.2) is 4.98 Å². The highest BCUT2D eigenvalue weighted by atomic mass is 32.2. The van der Waals surface area contributed by atoms with Gasteiger partial charge in [0.25, 0.3) is 0 Å². The van der Waals surface area contributed by atoms with Gasteiger partial charge in [-0.3, -0.25) is 4.98 Å². The predicted octanol–water partition coefficient (Wildman–Crippen LogP) is 3.39. The molecule has 0 saturated heterocycles. The van der Waals surface area contributed by atoms with Crippen LogP contribution in [0, 0.1) is 0 Å². The maximum atomic E-state index is 4.53. The highest BCUT2D eigenvalue weighted by molar-refractivity contribution is 7.98. The molecular weight excluding hydrogens is 224 g/mol. The van der Waals surface area contributed by atoms with Crippen molar-refractivity contribution in [3.8, 4) is 0 Å². The topological polar surface area (TPSA) is 25.8 Å². The molecule has 0 aliphatic heterocycles. The number of rotatable bonds is 4. The van der Waals surface area contributed by atoms with Crippen LogP contribution in [0.4, 0.5) is 0 Å². The normalized spacial score (nSPS) is 10.5. The Morgan fingerprint density at radius 1 is 1.33 bits per heavy atom. The molecule has 0 bridgehead atoms. The zero-order valence-electron chi connectivity index (χ0n) is 8.51. The number of hydrogen-bond acceptors (Lipinski definition) is 4. The molecular formula is C11H12N2S2. The minimum atomic E-state index is 0.945. The van der Waals surface area contributed by atoms with Gasteiger partial charge in [-0.15, -0.1) is 23.1 Å². The summed E-state index contributed by atoms with van der Waals surface area (Å²) in [5.41, 5.74) is 1.18. The standard InChI is InChI=1S/C11H12N2S2/c1-2-11-13-9(8-15-11)7-14-10-3-5-12-6-4-10/h3-6,8H,2,7H2,1H3. The van der Waals surface area contributed by atoms with Crippen molar-refractivity contribution in [2.75, 3.05) is 0 Å². The van der Waals surface area contributed by atoms with Crippen molar-refractivity contribution in [2.45, 2.75) is 24.0 Å². The van der Waals surface area contributed by atoms with Gasteiger partial charge >= 0.3 is 0 Å². The Hall–Kier alpha value is -0.870. The van der Waals surface area contributed by atoms with Crippen LogP contribution in [0.2, 0.25) is 0 Å². The van der Waals surface area contributed by atoms with E-state index in [0.717, 1.165) is 12.2 Å². The SMILES string of the molecule is CCc1nc(CSc2ccncc2)cs1. The van der Waals surface area contributed by atoms with Crippen LogP contribution in [0.5, 0.6) is 0 Å². The van der Waals surface area contributed by atoms with Crippen molar-refractivity contribution in [1.82, 2.24) is 9.97 Å². The first-order chi connectivity index (χ1) is 7.38. The fraction of sp³-hybridized carbons (Fsp3) is 0.273. The van der Waals surface area contributed by atoms with Crippen molar-refractivity contribution in [2.24, 2.45) is 0 Å². The minimum absolute atomic E-state index is 0.945. The summed E-state index contributed by atoms with van der Waals surface area (Å²) < 4.78 is 0. The van der Waals surface area contributed by atoms with E-state index in [1.165, 1.54) is 15.6 Å². The smallest absolute Gasteiger partial charge is 0.0925 e. The molecule has 2 aromatic heterocycles. The van der Waals surface area contributed by atoms with E-state index in [2.05, 4.69) is 22.3 Å². The number of pyridine rings is 1. The molecule has 0 spiro atoms. The molecule has 0 aliphatic rings. The van der Waals surface area contributed by atoms with E-state index in [9.17, 15) is 0 Å². The summed E-state index contributed by atoms with van der Waals surface area (Å²) in [7, 11) is 0. The second-order valence-electron chi connectivity index (χ2n) is 3.06. The molecule has 0 fully saturated rings. The Labute approximate surface area is 97.8 Å². The summed E-state index contributed by atoms with van der Waals surface area (Å²) in [6, 6.07) is 4.05. The molecule has 0 saturated carbocycles. The largest absolute Gasteiger partial charge is 0.265 e. The van der Waals surface area contributed by atoms with E-state index < -0.39 is 0 Å². The lowest BCUT2D eigenvalue weighted by Gasteiger charge is -1.97. The third-order valence-electron chi connectivity index (χ3n) is 1.94. The molecule has 2 nitrogen and oxygen atoms in total. The van der Waals surface area contributed by atoms with Gasteiger partial charge < -0.3 is 0 Å². The minimum Gasteiger partial charge on any atom is -0.265 e. The Bertz CT molecular complexity index is 412. The fourth-order valence-corrected chi connectivity index (χ4v) is 2.80. The molecule has 15 heavy (non-hydrogen) atoms. The molecule has 0 aromatic carbocycles. The van der Waals surface area contributed by atoms with Gasteiger partial charge in [0.2, 0.25) is 0 Å². The number of aryl methyl sites for hydroxylation is 1. The monoisotopic (exact) mass is 236 g/mol. The van der Waals surface area contributed by atoms with Crippen LogP contribution >= 0.6 is 23.1 Å². The molecule has 0 atom stereocenters. The number of hydrogen-bond donors (Lipinski definition) is 0. The third-order valence-corrected chi connectivity index (χ3v) is 4.03. The van der Waals surface area contributed by atoms with E-state index in [1.54, 1.807) is 23.1 Å². The van der Waals surface area contributed by atoms with Gasteiger partial charge in [0.1, 0.15) is 0 Å². The second-order valence-corrected chi connectivity index (χ2v) is 5.05. The molecule has 2 heterocycles. The molecule has 4 heteroatoms. The first kappa shape index (κ1) is 10.6. The summed E-state index contributed by atoms with van der Waals surface area (Å²) >= 11 is 3.55. The lowest BCUT2D eigenvalue weighted by atomic mass is 10.5. The van der Waals surface area contributed by atoms with E-state index >= 15 is 0 Å². The van der Waals surface area contributed by atoms with Crippen LogP contribution in [0.25, 0.3) is 0 Å². The van der Waals surface area contributed by atoms with Crippen molar-refractivity contribution in [3.05, 3.63) is 40.6 Å². The van der Waals surface area contributed by atoms with E-state index in [0.29, 0.717) is 0 Å². The Morgan fingerprint density at radius 3 is 2.80 bits per heavy atom. The number of thioether (sulfide) groups is 1. The van der Waals surface area contributed by atoms with E-state index in [1.807, 2.05) is 24.5 Å². The average Bonchev–Trinajstić information content (AvgIpc) is 2.76. The van der Waals surface area contributed by atoms with Crippen LogP contribution in [-0.2, 0) is 12.2 Å². The summed E-state index contributed by atoms with van der Waals surface area (Å²) in [5.74, 6) is 0.945. The van der Waals surface area contributed by atoms with Gasteiger partial charge in [0, 0.05) is 28.4 Å². The Morgan fingerprint density at radius 2 is 2.13 bits per heavy atom. The molecule has 0 N–H and O–H groups in total. The highest BCUT2D eigenvalue weighted by Crippen LogP contribution is 2.22. The number of aromatic nitrogens is 2. The molecule has 78 valence electrons. The van der Waals surface area contributed by atoms with Crippen molar-refractivity contribution >= 4 is 23.1 Å². The number of thiazole rings is 1. The first-order valence-corrected chi connectivity index (χ1v) is 6.71. The van der Waals surface area contributed by atoms with Gasteiger partial charge in [-0.1, -0.05) is 6.92 Å². The summed E-state index contributed by atoms with van der Waals surface area (Å²) in [6.45, 7) is 2.14. The summed E-state index contributed by atoms with van der Waals surface area (Å²) in [5, 5.41) is 3.37. The number of nitrogens with zero attached hydrogens (tertiary/aromatic N) is 2. The average molecular weight is 236 g/mol. The summed E-state index contributed by atoms with van der Waals surface area (Å²) in [6.07, 6.45) is 4.67. The van der Waals surface area contributed by atoms with Crippen LogP contribution in [-0.4, -0.2) is 9.97 Å². The molecule has 0 aliphatic carbocycles. The Kier molecular flexibility index (Phi) is 3.75. The zero-order chi connectivity index (χ0) is 10.5. The second kappa shape index (κ2) is 5.28. The predicted molar refractivity (Wildman–Crippen MR) is 65.3 cm³/mol. The van der Waals surface area contributed by atoms with E-state index in [-0.39, 0.29) is 0 Å². The van der Waals surface area contributed by atoms with Crippen LogP contribution in [0.15, 0.2) is 34.8 Å². The van der Waals surface area contributed by atoms with Gasteiger partial charge in [-0.2, -0.15) is 0 Å². The molecule has 0 amide bonds. The van der Waals surface area contributed by atoms with Crippen molar-refractivity contribution < 1.29 is 0 Å². The zero-order valence-corrected chi connectivity index (χ0v) is 10.1. The summed E-state index contributed by atoms with van der Waals surface area (Å²) in [4.78, 5) is 9.76. The molecule has 0 radical (unpaired) electrons. The molecule has 2 aromatic rings. The lowest BCUT2D eigenvalue weighted by molar-refractivity contribution is 1.06. The maximum absolute atomic E-state index is 4.53. The van der Waals surface area contributed by atoms with Crippen molar-refractivity contribution in [3.63, 3.8) is 0 Å². The molecule has 2 rings (SSSR count). The van der Waals surface area contributed by atoms with Crippen LogP contribution < -0.4 is 0 Å². The van der Waals surface area contributed by atoms with Gasteiger partial charge in [0.05, 0.1) is 10.7 Å². The highest BCUT2D eigenvalue weighted by Gasteiger charge is 2.00. The van der Waals surface area contributed by atoms with Gasteiger partial charge in [-0.05, 0) is 18.6 Å². The first-order valence-electron chi connectivity index (χ1n) is 4.84. The maximum Gasteiger partial charge on any atom is 0.0925 e. The third kappa shape index (κ3) is 3.04.